The summed E-state index contributed by atoms with van der Waals surface area (Å²) in [6, 6.07) is 9.12. The molecular weight excluding hydrogens is 304 g/mol. The quantitative estimate of drug-likeness (QED) is 0.724. The lowest BCUT2D eigenvalue weighted by atomic mass is 10.1. The Morgan fingerprint density at radius 1 is 1.17 bits per heavy atom. The van der Waals surface area contributed by atoms with Gasteiger partial charge in [0.05, 0.1) is 11.0 Å². The van der Waals surface area contributed by atoms with Gasteiger partial charge < -0.3 is 9.47 Å². The third-order valence-corrected chi connectivity index (χ3v) is 4.77. The molecule has 0 saturated carbocycles. The molecule has 4 rings (SSSR count). The number of likely N-dealkylation sites (tertiary alicyclic amines) is 1. The fraction of sp³-hybridized carbons (Fsp3) is 0.389. The van der Waals surface area contributed by atoms with Gasteiger partial charge in [-0.2, -0.15) is 0 Å². The van der Waals surface area contributed by atoms with Crippen LogP contribution in [0.1, 0.15) is 25.0 Å². The molecule has 1 amide bonds. The Kier molecular flexibility index (Phi) is 3.59. The fourth-order valence-corrected chi connectivity index (χ4v) is 3.46. The SMILES string of the molecule is Cc1cc(=O)n2c3ccccc3nc2n1CC(=O)N1CCCCC1. The Bertz CT molecular complexity index is 980. The van der Waals surface area contributed by atoms with Crippen molar-refractivity contribution in [3.05, 3.63) is 46.4 Å². The standard InChI is InChI=1S/C18H20N4O2/c1-13-11-16(23)22-15-8-4-3-7-14(15)19-18(22)21(13)12-17(24)20-9-5-2-6-10-20/h3-4,7-8,11H,2,5-6,9-10,12H2,1H3. The summed E-state index contributed by atoms with van der Waals surface area (Å²) >= 11 is 0. The zero-order valence-corrected chi connectivity index (χ0v) is 13.7. The lowest BCUT2D eigenvalue weighted by molar-refractivity contribution is -0.132. The van der Waals surface area contributed by atoms with Gasteiger partial charge in [-0.15, -0.1) is 0 Å². The molecular formula is C18H20N4O2. The van der Waals surface area contributed by atoms with Gasteiger partial charge in [0.1, 0.15) is 6.54 Å². The Balaban J connectivity index is 1.82. The van der Waals surface area contributed by atoms with E-state index >= 15 is 0 Å². The van der Waals surface area contributed by atoms with Crippen molar-refractivity contribution in [2.75, 3.05) is 13.1 Å². The molecule has 1 aliphatic rings. The van der Waals surface area contributed by atoms with Gasteiger partial charge in [-0.05, 0) is 38.3 Å². The number of hydrogen-bond acceptors (Lipinski definition) is 3. The molecule has 0 N–H and O–H groups in total. The van der Waals surface area contributed by atoms with Crippen molar-refractivity contribution in [1.29, 1.82) is 0 Å². The van der Waals surface area contributed by atoms with E-state index in [1.54, 1.807) is 10.5 Å². The van der Waals surface area contributed by atoms with Gasteiger partial charge >= 0.3 is 0 Å². The minimum Gasteiger partial charge on any atom is -0.341 e. The van der Waals surface area contributed by atoms with E-state index in [0.29, 0.717) is 5.78 Å². The number of carbonyl (C=O) groups is 1. The van der Waals surface area contributed by atoms with Crippen LogP contribution in [0.3, 0.4) is 0 Å². The first-order valence-corrected chi connectivity index (χ1v) is 8.40. The number of fused-ring (bicyclic) bond motifs is 3. The molecule has 0 spiro atoms. The third-order valence-electron chi connectivity index (χ3n) is 4.77. The summed E-state index contributed by atoms with van der Waals surface area (Å²) in [5.74, 6) is 0.627. The lowest BCUT2D eigenvalue weighted by Crippen LogP contribution is -2.38. The predicted octanol–water partition coefficient (Wildman–Crippen LogP) is 1.97. The van der Waals surface area contributed by atoms with E-state index in [-0.39, 0.29) is 18.0 Å². The number of amides is 1. The van der Waals surface area contributed by atoms with Crippen molar-refractivity contribution >= 4 is 22.7 Å². The summed E-state index contributed by atoms with van der Waals surface area (Å²) < 4.78 is 3.43. The number of hydrogen-bond donors (Lipinski definition) is 0. The average molecular weight is 324 g/mol. The molecule has 0 radical (unpaired) electrons. The smallest absolute Gasteiger partial charge is 0.259 e. The van der Waals surface area contributed by atoms with Gasteiger partial charge in [0.15, 0.2) is 0 Å². The second-order valence-electron chi connectivity index (χ2n) is 6.39. The summed E-state index contributed by atoms with van der Waals surface area (Å²) in [5, 5.41) is 0. The van der Waals surface area contributed by atoms with Crippen LogP contribution < -0.4 is 5.56 Å². The van der Waals surface area contributed by atoms with Crippen molar-refractivity contribution in [2.24, 2.45) is 0 Å². The molecule has 0 bridgehead atoms. The largest absolute Gasteiger partial charge is 0.341 e. The summed E-state index contributed by atoms with van der Waals surface area (Å²) in [5.41, 5.74) is 2.18. The van der Waals surface area contributed by atoms with Gasteiger partial charge in [0.2, 0.25) is 11.7 Å². The molecule has 1 fully saturated rings. The van der Waals surface area contributed by atoms with Crippen LogP contribution in [0, 0.1) is 6.92 Å². The summed E-state index contributed by atoms with van der Waals surface area (Å²) in [6.07, 6.45) is 3.33. The molecule has 1 aromatic carbocycles. The summed E-state index contributed by atoms with van der Waals surface area (Å²) in [6.45, 7) is 3.72. The monoisotopic (exact) mass is 324 g/mol. The molecule has 6 nitrogen and oxygen atoms in total. The summed E-state index contributed by atoms with van der Waals surface area (Å²) in [7, 11) is 0. The first-order chi connectivity index (χ1) is 11.6. The highest BCUT2D eigenvalue weighted by molar-refractivity contribution is 5.81. The van der Waals surface area contributed by atoms with E-state index in [1.165, 1.54) is 6.42 Å². The zero-order valence-electron chi connectivity index (χ0n) is 13.7. The molecule has 3 heterocycles. The van der Waals surface area contributed by atoms with E-state index in [0.717, 1.165) is 42.7 Å². The zero-order chi connectivity index (χ0) is 16.7. The topological polar surface area (TPSA) is 59.6 Å². The molecule has 0 unspecified atom stereocenters. The molecule has 2 aromatic heterocycles. The number of aromatic nitrogens is 3. The first kappa shape index (κ1) is 14.9. The van der Waals surface area contributed by atoms with Crippen LogP contribution in [-0.2, 0) is 11.3 Å². The Hall–Kier alpha value is -2.63. The lowest BCUT2D eigenvalue weighted by Gasteiger charge is -2.27. The Morgan fingerprint density at radius 3 is 2.71 bits per heavy atom. The minimum atomic E-state index is -0.113. The van der Waals surface area contributed by atoms with Crippen molar-refractivity contribution in [3.63, 3.8) is 0 Å². The molecule has 6 heteroatoms. The van der Waals surface area contributed by atoms with Crippen molar-refractivity contribution in [1.82, 2.24) is 18.9 Å². The van der Waals surface area contributed by atoms with Crippen LogP contribution in [0.2, 0.25) is 0 Å². The van der Waals surface area contributed by atoms with Gasteiger partial charge in [0, 0.05) is 24.8 Å². The van der Waals surface area contributed by atoms with Crippen LogP contribution in [0.15, 0.2) is 35.1 Å². The molecule has 124 valence electrons. The number of carbonyl (C=O) groups excluding carboxylic acids is 1. The average Bonchev–Trinajstić information content (AvgIpc) is 2.99. The number of para-hydroxylation sites is 2. The number of nitrogens with zero attached hydrogens (tertiary/aromatic N) is 4. The highest BCUT2D eigenvalue weighted by Gasteiger charge is 2.19. The third kappa shape index (κ3) is 2.38. The van der Waals surface area contributed by atoms with Crippen LogP contribution >= 0.6 is 0 Å². The first-order valence-electron chi connectivity index (χ1n) is 8.40. The Morgan fingerprint density at radius 2 is 1.92 bits per heavy atom. The van der Waals surface area contributed by atoms with Crippen molar-refractivity contribution < 1.29 is 4.79 Å². The molecule has 0 atom stereocenters. The number of piperidine rings is 1. The van der Waals surface area contributed by atoms with Gasteiger partial charge in [0.25, 0.3) is 5.56 Å². The van der Waals surface area contributed by atoms with Crippen molar-refractivity contribution in [2.45, 2.75) is 32.7 Å². The second kappa shape index (κ2) is 5.78. The number of aryl methyl sites for hydroxylation is 1. The van der Waals surface area contributed by atoms with Gasteiger partial charge in [-0.25, -0.2) is 9.38 Å². The predicted molar refractivity (Wildman–Crippen MR) is 92.1 cm³/mol. The highest BCUT2D eigenvalue weighted by atomic mass is 16.2. The normalized spacial score (nSPS) is 15.3. The van der Waals surface area contributed by atoms with Gasteiger partial charge in [-0.3, -0.25) is 9.59 Å². The van der Waals surface area contributed by atoms with E-state index in [2.05, 4.69) is 4.98 Å². The number of rotatable bonds is 2. The van der Waals surface area contributed by atoms with Crippen LogP contribution in [-0.4, -0.2) is 37.8 Å². The molecule has 0 aliphatic carbocycles. The molecule has 24 heavy (non-hydrogen) atoms. The maximum absolute atomic E-state index is 12.7. The molecule has 3 aromatic rings. The number of imidazole rings is 1. The van der Waals surface area contributed by atoms with Crippen LogP contribution in [0.4, 0.5) is 0 Å². The van der Waals surface area contributed by atoms with E-state index in [9.17, 15) is 9.59 Å². The van der Waals surface area contributed by atoms with Crippen LogP contribution in [0.25, 0.3) is 16.8 Å². The van der Waals surface area contributed by atoms with Crippen LogP contribution in [0.5, 0.6) is 0 Å². The highest BCUT2D eigenvalue weighted by Crippen LogP contribution is 2.16. The maximum atomic E-state index is 12.7. The fourth-order valence-electron chi connectivity index (χ4n) is 3.46. The Labute approximate surface area is 139 Å². The second-order valence-corrected chi connectivity index (χ2v) is 6.39. The van der Waals surface area contributed by atoms with E-state index in [1.807, 2.05) is 40.7 Å². The van der Waals surface area contributed by atoms with E-state index < -0.39 is 0 Å². The van der Waals surface area contributed by atoms with Crippen molar-refractivity contribution in [3.8, 4) is 0 Å². The summed E-state index contributed by atoms with van der Waals surface area (Å²) in [4.78, 5) is 31.6. The number of benzene rings is 1. The molecule has 1 aliphatic heterocycles. The minimum absolute atomic E-state index is 0.0930. The van der Waals surface area contributed by atoms with E-state index in [4.69, 9.17) is 0 Å². The molecule has 1 saturated heterocycles. The van der Waals surface area contributed by atoms with Gasteiger partial charge in [-0.1, -0.05) is 12.1 Å². The maximum Gasteiger partial charge on any atom is 0.259 e.